The molecule has 0 radical (unpaired) electrons. The minimum absolute atomic E-state index is 0.00805. The highest BCUT2D eigenvalue weighted by atomic mass is 28.4. The minimum atomic E-state index is -2.22. The molecule has 4 unspecified atom stereocenters. The van der Waals surface area contributed by atoms with Gasteiger partial charge in [-0.2, -0.15) is 0 Å². The monoisotopic (exact) mass is 534 g/mol. The highest BCUT2D eigenvalue weighted by Crippen LogP contribution is 2.53. The Kier molecular flexibility index (Phi) is 11.7. The van der Waals surface area contributed by atoms with E-state index >= 15 is 0 Å². The summed E-state index contributed by atoms with van der Waals surface area (Å²) in [4.78, 5) is 0. The Morgan fingerprint density at radius 3 is 1.42 bits per heavy atom. The van der Waals surface area contributed by atoms with Gasteiger partial charge in [0.25, 0.3) is 0 Å². The summed E-state index contributed by atoms with van der Waals surface area (Å²) in [5.74, 6) is 0. The molecule has 0 aromatic rings. The number of hydrogen-bond acceptors (Lipinski definition) is 3. The van der Waals surface area contributed by atoms with Crippen LogP contribution in [0.25, 0.3) is 0 Å². The first kappa shape index (κ1) is 33.7. The normalized spacial score (nSPS) is 22.1. The van der Waals surface area contributed by atoms with Gasteiger partial charge in [-0.3, -0.25) is 0 Å². The van der Waals surface area contributed by atoms with E-state index in [4.69, 9.17) is 13.3 Å². The zero-order chi connectivity index (χ0) is 26.7. The van der Waals surface area contributed by atoms with E-state index in [1.807, 2.05) is 0 Å². The topological polar surface area (TPSA) is 27.7 Å². The third-order valence-corrected chi connectivity index (χ3v) is 21.9. The lowest BCUT2D eigenvalue weighted by molar-refractivity contribution is -0.00998. The quantitative estimate of drug-likeness (QED) is 0.196. The molecule has 0 aliphatic heterocycles. The summed E-state index contributed by atoms with van der Waals surface area (Å²) >= 11 is 0. The van der Waals surface area contributed by atoms with Crippen molar-refractivity contribution in [1.82, 2.24) is 0 Å². The Hall–Kier alpha value is 0.748. The third-order valence-electron chi connectivity index (χ3n) is 9.21. The molecule has 0 rings (SSSR count). The number of rotatable bonds is 15. The van der Waals surface area contributed by atoms with Gasteiger partial charge >= 0.3 is 0 Å². The number of hydrogen-bond donors (Lipinski definition) is 0. The second-order valence-corrected chi connectivity index (χ2v) is 30.8. The first-order valence-corrected chi connectivity index (χ1v) is 25.6. The van der Waals surface area contributed by atoms with E-state index in [-0.39, 0.29) is 21.1 Å². The maximum absolute atomic E-state index is 7.45. The summed E-state index contributed by atoms with van der Waals surface area (Å²) in [5.41, 5.74) is -0.225. The summed E-state index contributed by atoms with van der Waals surface area (Å²) in [6.07, 6.45) is 5.39. The summed E-state index contributed by atoms with van der Waals surface area (Å²) < 4.78 is 21.6. The van der Waals surface area contributed by atoms with Crippen LogP contribution < -0.4 is 0 Å². The van der Waals surface area contributed by atoms with Crippen LogP contribution in [0.2, 0.25) is 64.0 Å². The van der Waals surface area contributed by atoms with Crippen molar-refractivity contribution in [2.45, 2.75) is 168 Å². The van der Waals surface area contributed by atoms with Gasteiger partial charge in [0.1, 0.15) is 0 Å². The van der Waals surface area contributed by atoms with Crippen molar-refractivity contribution in [2.24, 2.45) is 0 Å². The predicted molar refractivity (Wildman–Crippen MR) is 160 cm³/mol. The predicted octanol–water partition coefficient (Wildman–Crippen LogP) is 8.91. The van der Waals surface area contributed by atoms with Crippen LogP contribution in [0.15, 0.2) is 0 Å². The Bertz CT molecular complexity index is 616. The van der Waals surface area contributed by atoms with E-state index in [0.29, 0.717) is 0 Å². The molecule has 0 aliphatic carbocycles. The van der Waals surface area contributed by atoms with E-state index in [0.717, 1.165) is 32.1 Å². The molecule has 0 fully saturated rings. The summed E-state index contributed by atoms with van der Waals surface area (Å²) in [6, 6.07) is 0. The first-order valence-electron chi connectivity index (χ1n) is 13.6. The maximum Gasteiger partial charge on any atom is 0.217 e. The van der Waals surface area contributed by atoms with E-state index in [2.05, 4.69) is 114 Å². The van der Waals surface area contributed by atoms with Crippen LogP contribution >= 0.6 is 0 Å². The summed E-state index contributed by atoms with van der Waals surface area (Å²) in [6.45, 7) is 40.3. The van der Waals surface area contributed by atoms with Crippen LogP contribution in [0.1, 0.15) is 87.5 Å². The van der Waals surface area contributed by atoms with Crippen LogP contribution in [-0.2, 0) is 13.3 Å². The smallest absolute Gasteiger partial charge is 0.217 e. The molecule has 3 nitrogen and oxygen atoms in total. The Balaban J connectivity index is 6.41. The van der Waals surface area contributed by atoms with E-state index in [1.54, 1.807) is 0 Å². The fourth-order valence-corrected chi connectivity index (χ4v) is 17.4. The van der Waals surface area contributed by atoms with Crippen LogP contribution in [0.5, 0.6) is 0 Å². The first-order chi connectivity index (χ1) is 14.5. The van der Waals surface area contributed by atoms with Gasteiger partial charge in [-0.25, -0.2) is 0 Å². The fraction of sp³-hybridized carbons (Fsp3) is 1.00. The molecule has 7 heteroatoms. The van der Waals surface area contributed by atoms with Crippen LogP contribution in [-0.4, -0.2) is 49.8 Å². The SMILES string of the molecule is CCCC(C)([SiH](C)OC(C)(CC)[Si](C)(C)C)C(C)(CC)O[Si](C)(C)[C@](C)(CC)O[Si](C)(C)C. The molecule has 0 aliphatic rings. The van der Waals surface area contributed by atoms with Gasteiger partial charge in [0, 0.05) is 10.3 Å². The van der Waals surface area contributed by atoms with Crippen LogP contribution in [0.3, 0.4) is 0 Å². The van der Waals surface area contributed by atoms with Gasteiger partial charge < -0.3 is 13.3 Å². The molecular formula is C26H62O3Si4. The van der Waals surface area contributed by atoms with Crippen molar-refractivity contribution in [3.05, 3.63) is 0 Å². The van der Waals surface area contributed by atoms with Gasteiger partial charge in [-0.1, -0.05) is 60.7 Å². The molecule has 0 aromatic carbocycles. The van der Waals surface area contributed by atoms with E-state index < -0.39 is 33.7 Å². The fourth-order valence-electron chi connectivity index (χ4n) is 5.29. The molecule has 0 heterocycles. The van der Waals surface area contributed by atoms with Crippen LogP contribution in [0.4, 0.5) is 0 Å². The lowest BCUT2D eigenvalue weighted by atomic mass is 9.84. The molecule has 0 saturated carbocycles. The average molecular weight is 535 g/mol. The van der Waals surface area contributed by atoms with Gasteiger partial charge in [-0.15, -0.1) is 0 Å². The Morgan fingerprint density at radius 1 is 0.667 bits per heavy atom. The van der Waals surface area contributed by atoms with Crippen molar-refractivity contribution in [2.75, 3.05) is 0 Å². The molecule has 33 heavy (non-hydrogen) atoms. The molecular weight excluding hydrogens is 473 g/mol. The second-order valence-electron chi connectivity index (χ2n) is 13.8. The van der Waals surface area contributed by atoms with Crippen molar-refractivity contribution in [3.8, 4) is 0 Å². The van der Waals surface area contributed by atoms with Crippen molar-refractivity contribution >= 4 is 33.7 Å². The Labute approximate surface area is 214 Å². The van der Waals surface area contributed by atoms with E-state index in [1.165, 1.54) is 0 Å². The lowest BCUT2D eigenvalue weighted by Gasteiger charge is -2.57. The molecule has 0 amide bonds. The maximum atomic E-state index is 7.45. The standard InChI is InChI=1S/C26H62O3Si4/c1-18-22-24(6,30(9)27-25(7,20-3)31(10,11)12)23(5,19-2)28-33(16,17)26(8,21-4)29-32(13,14)15/h30H,18-22H2,1-17H3/t23?,24?,25?,26-,30?/m1/s1. The average Bonchev–Trinajstić information content (AvgIpc) is 2.64. The molecule has 0 saturated heterocycles. The third kappa shape index (κ3) is 7.62. The van der Waals surface area contributed by atoms with Crippen molar-refractivity contribution in [3.63, 3.8) is 0 Å². The Morgan fingerprint density at radius 2 is 1.12 bits per heavy atom. The molecule has 0 N–H and O–H groups in total. The van der Waals surface area contributed by atoms with Gasteiger partial charge in [0.15, 0.2) is 17.4 Å². The van der Waals surface area contributed by atoms with Crippen molar-refractivity contribution < 1.29 is 13.3 Å². The largest absolute Gasteiger partial charge is 0.417 e. The highest BCUT2D eigenvalue weighted by Gasteiger charge is 2.57. The molecule has 5 atom stereocenters. The zero-order valence-electron chi connectivity index (χ0n) is 25.8. The molecule has 0 spiro atoms. The molecule has 0 aromatic heterocycles. The minimum Gasteiger partial charge on any atom is -0.417 e. The van der Waals surface area contributed by atoms with Gasteiger partial charge in [0.05, 0.1) is 18.9 Å². The molecule has 200 valence electrons. The second kappa shape index (κ2) is 11.4. The lowest BCUT2D eigenvalue weighted by Crippen LogP contribution is -2.65. The van der Waals surface area contributed by atoms with Crippen LogP contribution in [0, 0.1) is 0 Å². The van der Waals surface area contributed by atoms with Gasteiger partial charge in [0.2, 0.25) is 8.32 Å². The zero-order valence-corrected chi connectivity index (χ0v) is 30.0. The highest BCUT2D eigenvalue weighted by molar-refractivity contribution is 6.79. The van der Waals surface area contributed by atoms with Gasteiger partial charge in [-0.05, 0) is 85.7 Å². The van der Waals surface area contributed by atoms with Crippen molar-refractivity contribution in [1.29, 1.82) is 0 Å². The molecule has 0 bridgehead atoms. The van der Waals surface area contributed by atoms with E-state index in [9.17, 15) is 0 Å². The summed E-state index contributed by atoms with van der Waals surface area (Å²) in [7, 11) is -7.05. The summed E-state index contributed by atoms with van der Waals surface area (Å²) in [5, 5.41) is -0.137.